The lowest BCUT2D eigenvalue weighted by Gasteiger charge is -2.24. The molecule has 0 aliphatic rings. The monoisotopic (exact) mass is 318 g/mol. The first-order valence-electron chi connectivity index (χ1n) is 6.31. The van der Waals surface area contributed by atoms with Crippen molar-refractivity contribution in [1.29, 1.82) is 0 Å². The van der Waals surface area contributed by atoms with Crippen LogP contribution in [-0.4, -0.2) is 33.1 Å². The molecule has 0 aliphatic heterocycles. The van der Waals surface area contributed by atoms with E-state index in [0.29, 0.717) is 6.61 Å². The molecule has 0 heterocycles. The number of hydrogen-bond donors (Lipinski definition) is 2. The zero-order valence-corrected chi connectivity index (χ0v) is 13.0. The maximum Gasteiger partial charge on any atom is 0.251 e. The number of ether oxygens (including phenoxy) is 1. The topological polar surface area (TPSA) is 98.5 Å². The van der Waals surface area contributed by atoms with Crippen molar-refractivity contribution in [2.75, 3.05) is 13.2 Å². The predicted octanol–water partition coefficient (Wildman–Crippen LogP) is 1.02. The van der Waals surface area contributed by atoms with Crippen LogP contribution in [0.4, 0.5) is 4.39 Å². The minimum Gasteiger partial charge on any atom is -0.374 e. The van der Waals surface area contributed by atoms with Crippen molar-refractivity contribution in [2.45, 2.75) is 31.3 Å². The molecular weight excluding hydrogens is 299 g/mol. The van der Waals surface area contributed by atoms with Gasteiger partial charge in [0.15, 0.2) is 0 Å². The Bertz CT molecular complexity index is 629. The SMILES string of the molecule is CCOC(C)(C)CNC(=O)c1ccc(F)c(S(N)(=O)=O)c1. The van der Waals surface area contributed by atoms with Crippen molar-refractivity contribution in [2.24, 2.45) is 5.14 Å². The molecule has 21 heavy (non-hydrogen) atoms. The molecule has 0 fully saturated rings. The van der Waals surface area contributed by atoms with Gasteiger partial charge in [-0.1, -0.05) is 0 Å². The highest BCUT2D eigenvalue weighted by Gasteiger charge is 2.21. The fraction of sp³-hybridized carbons (Fsp3) is 0.462. The first-order chi connectivity index (χ1) is 9.57. The largest absolute Gasteiger partial charge is 0.374 e. The number of carbonyl (C=O) groups is 1. The summed E-state index contributed by atoms with van der Waals surface area (Å²) in [5.41, 5.74) is -0.555. The zero-order valence-electron chi connectivity index (χ0n) is 12.1. The first-order valence-corrected chi connectivity index (χ1v) is 7.86. The number of carbonyl (C=O) groups excluding carboxylic acids is 1. The van der Waals surface area contributed by atoms with Crippen molar-refractivity contribution in [3.05, 3.63) is 29.6 Å². The molecule has 0 aliphatic carbocycles. The molecule has 0 unspecified atom stereocenters. The molecule has 1 aromatic rings. The molecule has 0 aromatic heterocycles. The van der Waals surface area contributed by atoms with Crippen molar-refractivity contribution < 1.29 is 22.3 Å². The van der Waals surface area contributed by atoms with E-state index < -0.39 is 32.2 Å². The van der Waals surface area contributed by atoms with E-state index in [1.165, 1.54) is 6.07 Å². The number of nitrogens with two attached hydrogens (primary N) is 1. The molecule has 1 amide bonds. The minimum absolute atomic E-state index is 0.00715. The Morgan fingerprint density at radius 1 is 1.43 bits per heavy atom. The highest BCUT2D eigenvalue weighted by Crippen LogP contribution is 2.15. The van der Waals surface area contributed by atoms with Crippen LogP contribution in [0.5, 0.6) is 0 Å². The maximum absolute atomic E-state index is 13.4. The van der Waals surface area contributed by atoms with Crippen LogP contribution in [-0.2, 0) is 14.8 Å². The fourth-order valence-electron chi connectivity index (χ4n) is 1.70. The van der Waals surface area contributed by atoms with Crippen molar-refractivity contribution >= 4 is 15.9 Å². The zero-order chi connectivity index (χ0) is 16.3. The third-order valence-electron chi connectivity index (χ3n) is 2.71. The second-order valence-electron chi connectivity index (χ2n) is 5.07. The summed E-state index contributed by atoms with van der Waals surface area (Å²) < 4.78 is 41.2. The van der Waals surface area contributed by atoms with Crippen molar-refractivity contribution in [3.63, 3.8) is 0 Å². The molecule has 0 atom stereocenters. The standard InChI is InChI=1S/C13H19FN2O4S/c1-4-20-13(2,3)8-16-12(17)9-5-6-10(14)11(7-9)21(15,18)19/h5-7H,4,8H2,1-3H3,(H,16,17)(H2,15,18,19). The number of benzene rings is 1. The quantitative estimate of drug-likeness (QED) is 0.818. The Morgan fingerprint density at radius 3 is 2.57 bits per heavy atom. The Hall–Kier alpha value is -1.51. The van der Waals surface area contributed by atoms with Gasteiger partial charge in [0.25, 0.3) is 5.91 Å². The molecule has 0 bridgehead atoms. The van der Waals surface area contributed by atoms with E-state index in [9.17, 15) is 17.6 Å². The van der Waals surface area contributed by atoms with E-state index in [-0.39, 0.29) is 12.1 Å². The van der Waals surface area contributed by atoms with Crippen LogP contribution in [0.15, 0.2) is 23.1 Å². The lowest BCUT2D eigenvalue weighted by Crippen LogP contribution is -2.40. The lowest BCUT2D eigenvalue weighted by atomic mass is 10.1. The highest BCUT2D eigenvalue weighted by atomic mass is 32.2. The summed E-state index contributed by atoms with van der Waals surface area (Å²) in [6.45, 7) is 6.16. The lowest BCUT2D eigenvalue weighted by molar-refractivity contribution is -0.00815. The number of sulfonamides is 1. The third-order valence-corrected chi connectivity index (χ3v) is 3.64. The average Bonchev–Trinajstić information content (AvgIpc) is 2.35. The Morgan fingerprint density at radius 2 is 2.05 bits per heavy atom. The summed E-state index contributed by atoms with van der Waals surface area (Å²) in [6, 6.07) is 2.99. The molecule has 118 valence electrons. The minimum atomic E-state index is -4.22. The molecule has 0 radical (unpaired) electrons. The molecule has 0 saturated heterocycles. The molecule has 1 rings (SSSR count). The van der Waals surface area contributed by atoms with Gasteiger partial charge in [0.2, 0.25) is 10.0 Å². The van der Waals surface area contributed by atoms with Crippen LogP contribution >= 0.6 is 0 Å². The van der Waals surface area contributed by atoms with E-state index in [2.05, 4.69) is 5.32 Å². The number of rotatable bonds is 6. The molecule has 0 spiro atoms. The van der Waals surface area contributed by atoms with Crippen molar-refractivity contribution in [1.82, 2.24) is 5.32 Å². The van der Waals surface area contributed by atoms with Gasteiger partial charge < -0.3 is 10.1 Å². The van der Waals surface area contributed by atoms with Gasteiger partial charge in [-0.15, -0.1) is 0 Å². The predicted molar refractivity (Wildman–Crippen MR) is 75.8 cm³/mol. The second kappa shape index (κ2) is 6.50. The van der Waals surface area contributed by atoms with Gasteiger partial charge >= 0.3 is 0 Å². The Kier molecular flexibility index (Phi) is 5.43. The van der Waals surface area contributed by atoms with Crippen LogP contribution in [0.1, 0.15) is 31.1 Å². The Balaban J connectivity index is 2.90. The maximum atomic E-state index is 13.4. The smallest absolute Gasteiger partial charge is 0.251 e. The van der Waals surface area contributed by atoms with Crippen LogP contribution in [0.25, 0.3) is 0 Å². The number of primary sulfonamides is 1. The van der Waals surface area contributed by atoms with Gasteiger partial charge in [-0.3, -0.25) is 4.79 Å². The van der Waals surface area contributed by atoms with E-state index in [4.69, 9.17) is 9.88 Å². The van der Waals surface area contributed by atoms with E-state index in [1.807, 2.05) is 6.92 Å². The van der Waals surface area contributed by atoms with Crippen LogP contribution < -0.4 is 10.5 Å². The summed E-state index contributed by atoms with van der Waals surface area (Å²) in [4.78, 5) is 11.3. The van der Waals surface area contributed by atoms with Crippen LogP contribution in [0, 0.1) is 5.82 Å². The number of hydrogen-bond acceptors (Lipinski definition) is 4. The normalized spacial score (nSPS) is 12.2. The Labute approximate surface area is 123 Å². The average molecular weight is 318 g/mol. The van der Waals surface area contributed by atoms with Crippen LogP contribution in [0.2, 0.25) is 0 Å². The molecule has 8 heteroatoms. The number of nitrogens with one attached hydrogen (secondary N) is 1. The van der Waals surface area contributed by atoms with Gasteiger partial charge in [-0.05, 0) is 39.0 Å². The van der Waals surface area contributed by atoms with E-state index in [0.717, 1.165) is 12.1 Å². The van der Waals surface area contributed by atoms with Gasteiger partial charge in [0, 0.05) is 18.7 Å². The fourth-order valence-corrected chi connectivity index (χ4v) is 2.33. The summed E-state index contributed by atoms with van der Waals surface area (Å²) in [7, 11) is -4.22. The van der Waals surface area contributed by atoms with Gasteiger partial charge in [-0.2, -0.15) is 0 Å². The number of amides is 1. The van der Waals surface area contributed by atoms with E-state index in [1.54, 1.807) is 13.8 Å². The van der Waals surface area contributed by atoms with E-state index >= 15 is 0 Å². The third kappa shape index (κ3) is 5.07. The molecule has 3 N–H and O–H groups in total. The van der Waals surface area contributed by atoms with Gasteiger partial charge in [0.1, 0.15) is 10.7 Å². The second-order valence-corrected chi connectivity index (χ2v) is 6.60. The summed E-state index contributed by atoms with van der Waals surface area (Å²) in [6.07, 6.45) is 0. The van der Waals surface area contributed by atoms with Gasteiger partial charge in [0.05, 0.1) is 5.60 Å². The summed E-state index contributed by atoms with van der Waals surface area (Å²) in [5, 5.41) is 7.49. The first kappa shape index (κ1) is 17.5. The van der Waals surface area contributed by atoms with Crippen molar-refractivity contribution in [3.8, 4) is 0 Å². The number of halogens is 1. The van der Waals surface area contributed by atoms with Gasteiger partial charge in [-0.25, -0.2) is 17.9 Å². The molecular formula is C13H19FN2O4S. The van der Waals surface area contributed by atoms with Crippen LogP contribution in [0.3, 0.4) is 0 Å². The molecule has 0 saturated carbocycles. The molecule has 1 aromatic carbocycles. The summed E-state index contributed by atoms with van der Waals surface area (Å²) >= 11 is 0. The summed E-state index contributed by atoms with van der Waals surface area (Å²) in [5.74, 6) is -1.53. The molecule has 6 nitrogen and oxygen atoms in total. The highest BCUT2D eigenvalue weighted by molar-refractivity contribution is 7.89.